The molecule has 0 aliphatic carbocycles. The van der Waals surface area contributed by atoms with Crippen LogP contribution in [0.3, 0.4) is 0 Å². The Morgan fingerprint density at radius 1 is 1.22 bits per heavy atom. The maximum atomic E-state index is 13.0. The molecule has 2 aromatic rings. The van der Waals surface area contributed by atoms with Crippen LogP contribution in [0, 0.1) is 6.92 Å². The second kappa shape index (κ2) is 8.21. The lowest BCUT2D eigenvalue weighted by Gasteiger charge is -2.18. The van der Waals surface area contributed by atoms with E-state index < -0.39 is 41.5 Å². The molecule has 0 bridgehead atoms. The fourth-order valence-corrected chi connectivity index (χ4v) is 2.62. The van der Waals surface area contributed by atoms with Gasteiger partial charge in [0, 0.05) is 24.2 Å². The lowest BCUT2D eigenvalue weighted by molar-refractivity contribution is -0.139. The number of H-pyrrole nitrogens is 2. The Balaban J connectivity index is 1.97. The summed E-state index contributed by atoms with van der Waals surface area (Å²) in [5.41, 5.74) is -2.01. The first-order valence-electron chi connectivity index (χ1n) is 8.02. The molecule has 2 rings (SSSR count). The number of aromatic amines is 2. The normalized spacial score (nSPS) is 12.6. The summed E-state index contributed by atoms with van der Waals surface area (Å²) in [4.78, 5) is 39.2. The van der Waals surface area contributed by atoms with Crippen molar-refractivity contribution in [1.82, 2.24) is 15.3 Å². The second-order valence-electron chi connectivity index (χ2n) is 5.92. The van der Waals surface area contributed by atoms with Crippen molar-refractivity contribution < 1.29 is 23.1 Å². The highest BCUT2D eigenvalue weighted by Gasteiger charge is 2.34. The van der Waals surface area contributed by atoms with Gasteiger partial charge in [0.15, 0.2) is 0 Å². The van der Waals surface area contributed by atoms with E-state index >= 15 is 0 Å². The quantitative estimate of drug-likeness (QED) is 0.598. The molecule has 27 heavy (non-hydrogen) atoms. The summed E-state index contributed by atoms with van der Waals surface area (Å²) in [6, 6.07) is 4.57. The molecule has 4 N–H and O–H groups in total. The molecule has 1 aromatic carbocycles. The van der Waals surface area contributed by atoms with Gasteiger partial charge in [-0.05, 0) is 25.0 Å². The third-order valence-corrected chi connectivity index (χ3v) is 3.97. The zero-order valence-corrected chi connectivity index (χ0v) is 14.3. The van der Waals surface area contributed by atoms with Gasteiger partial charge < -0.3 is 15.4 Å². The minimum atomic E-state index is -4.62. The highest BCUT2D eigenvalue weighted by Crippen LogP contribution is 2.34. The molecule has 10 heteroatoms. The van der Waals surface area contributed by atoms with Crippen molar-refractivity contribution in [2.45, 2.75) is 32.0 Å². The first-order valence-corrected chi connectivity index (χ1v) is 8.02. The average molecular weight is 385 g/mol. The Morgan fingerprint density at radius 2 is 1.89 bits per heavy atom. The third kappa shape index (κ3) is 5.30. The summed E-state index contributed by atoms with van der Waals surface area (Å²) < 4.78 is 38.9. The van der Waals surface area contributed by atoms with E-state index in [1.165, 1.54) is 19.1 Å². The number of hydrogen-bond acceptors (Lipinski definition) is 4. The Kier molecular flexibility index (Phi) is 6.21. The average Bonchev–Trinajstić information content (AvgIpc) is 2.58. The Hall–Kier alpha value is -2.88. The fraction of sp³-hybridized carbons (Fsp3) is 0.353. The highest BCUT2D eigenvalue weighted by molar-refractivity contribution is 5.76. The molecular weight excluding hydrogens is 367 g/mol. The number of halogens is 3. The number of benzene rings is 1. The molecular formula is C17H18F3N3O4. The number of carbonyl (C=O) groups is 1. The molecule has 1 heterocycles. The lowest BCUT2D eigenvalue weighted by Crippen LogP contribution is -2.31. The number of rotatable bonds is 6. The van der Waals surface area contributed by atoms with E-state index in [1.807, 2.05) is 0 Å². The number of aliphatic hydroxyl groups is 1. The van der Waals surface area contributed by atoms with E-state index in [2.05, 4.69) is 15.3 Å². The number of aryl methyl sites for hydroxylation is 1. The van der Waals surface area contributed by atoms with Gasteiger partial charge in [-0.25, -0.2) is 4.79 Å². The molecule has 7 nitrogen and oxygen atoms in total. The van der Waals surface area contributed by atoms with Gasteiger partial charge >= 0.3 is 11.9 Å². The van der Waals surface area contributed by atoms with Crippen LogP contribution < -0.4 is 16.6 Å². The molecule has 0 saturated carbocycles. The summed E-state index contributed by atoms with van der Waals surface area (Å²) in [7, 11) is 0. The van der Waals surface area contributed by atoms with Crippen molar-refractivity contribution >= 4 is 5.91 Å². The number of aliphatic hydroxyl groups excluding tert-OH is 1. The van der Waals surface area contributed by atoms with Crippen LogP contribution in [0.5, 0.6) is 0 Å². The van der Waals surface area contributed by atoms with Crippen LogP contribution in [0.1, 0.15) is 34.9 Å². The summed E-state index contributed by atoms with van der Waals surface area (Å²) in [5, 5.41) is 12.3. The molecule has 0 aliphatic heterocycles. The van der Waals surface area contributed by atoms with Crippen molar-refractivity contribution in [3.05, 3.63) is 67.5 Å². The number of nitrogens with one attached hydrogen (secondary N) is 3. The van der Waals surface area contributed by atoms with Crippen molar-refractivity contribution in [3.63, 3.8) is 0 Å². The molecule has 1 atom stereocenters. The molecule has 1 amide bonds. The summed E-state index contributed by atoms with van der Waals surface area (Å²) >= 11 is 0. The van der Waals surface area contributed by atoms with E-state index in [-0.39, 0.29) is 24.0 Å². The molecule has 0 spiro atoms. The minimum absolute atomic E-state index is 0.0268. The van der Waals surface area contributed by atoms with Crippen LogP contribution in [-0.2, 0) is 17.4 Å². The third-order valence-electron chi connectivity index (χ3n) is 3.97. The summed E-state index contributed by atoms with van der Waals surface area (Å²) in [6.45, 7) is 1.11. The Labute approximate surface area is 151 Å². The van der Waals surface area contributed by atoms with E-state index in [1.54, 1.807) is 0 Å². The van der Waals surface area contributed by atoms with Crippen LogP contribution in [-0.4, -0.2) is 27.5 Å². The Morgan fingerprint density at radius 3 is 2.52 bits per heavy atom. The lowest BCUT2D eigenvalue weighted by atomic mass is 10.0. The van der Waals surface area contributed by atoms with Crippen LogP contribution in [0.25, 0.3) is 0 Å². The zero-order chi connectivity index (χ0) is 20.2. The van der Waals surface area contributed by atoms with Crippen molar-refractivity contribution in [3.8, 4) is 0 Å². The molecule has 0 fully saturated rings. The van der Waals surface area contributed by atoms with Gasteiger partial charge in [-0.15, -0.1) is 0 Å². The number of alkyl halides is 3. The number of carbonyl (C=O) groups excluding carboxylic acids is 1. The standard InChI is InChI=1S/C17H18F3N3O4/c1-9-10(15(26)23-16(27)22-9)6-7-14(25)21-8-13(24)11-4-2-3-5-12(11)17(18,19)20/h2-5,13,24H,6-8H2,1H3,(H,21,25)(H2,22,23,26,27). The van der Waals surface area contributed by atoms with Gasteiger partial charge in [-0.2, -0.15) is 13.2 Å². The molecule has 1 unspecified atom stereocenters. The number of amides is 1. The topological polar surface area (TPSA) is 115 Å². The monoisotopic (exact) mass is 385 g/mol. The summed E-state index contributed by atoms with van der Waals surface area (Å²) in [5.74, 6) is -0.552. The largest absolute Gasteiger partial charge is 0.416 e. The van der Waals surface area contributed by atoms with Gasteiger partial charge in [0.05, 0.1) is 11.7 Å². The molecule has 0 radical (unpaired) electrons. The van der Waals surface area contributed by atoms with Gasteiger partial charge in [-0.1, -0.05) is 18.2 Å². The smallest absolute Gasteiger partial charge is 0.387 e. The maximum Gasteiger partial charge on any atom is 0.416 e. The van der Waals surface area contributed by atoms with Gasteiger partial charge in [0.1, 0.15) is 0 Å². The molecule has 0 aliphatic rings. The van der Waals surface area contributed by atoms with Crippen molar-refractivity contribution in [2.24, 2.45) is 0 Å². The molecule has 1 aromatic heterocycles. The van der Waals surface area contributed by atoms with Crippen LogP contribution in [0.15, 0.2) is 33.9 Å². The predicted octanol–water partition coefficient (Wildman–Crippen LogP) is 1.17. The fourth-order valence-electron chi connectivity index (χ4n) is 2.62. The number of hydrogen-bond donors (Lipinski definition) is 4. The van der Waals surface area contributed by atoms with E-state index in [0.29, 0.717) is 5.69 Å². The summed E-state index contributed by atoms with van der Waals surface area (Å²) in [6.07, 6.45) is -6.27. The highest BCUT2D eigenvalue weighted by atomic mass is 19.4. The van der Waals surface area contributed by atoms with Crippen molar-refractivity contribution in [1.29, 1.82) is 0 Å². The van der Waals surface area contributed by atoms with Crippen molar-refractivity contribution in [2.75, 3.05) is 6.54 Å². The van der Waals surface area contributed by atoms with Crippen LogP contribution in [0.2, 0.25) is 0 Å². The minimum Gasteiger partial charge on any atom is -0.387 e. The SMILES string of the molecule is Cc1[nH]c(=O)[nH]c(=O)c1CCC(=O)NCC(O)c1ccccc1C(F)(F)F. The van der Waals surface area contributed by atoms with Gasteiger partial charge in [0.25, 0.3) is 5.56 Å². The van der Waals surface area contributed by atoms with Crippen LogP contribution >= 0.6 is 0 Å². The van der Waals surface area contributed by atoms with Gasteiger partial charge in [0.2, 0.25) is 5.91 Å². The van der Waals surface area contributed by atoms with E-state index in [9.17, 15) is 32.7 Å². The first-order chi connectivity index (χ1) is 12.6. The first kappa shape index (κ1) is 20.4. The number of aromatic nitrogens is 2. The van der Waals surface area contributed by atoms with E-state index in [0.717, 1.165) is 12.1 Å². The van der Waals surface area contributed by atoms with Crippen LogP contribution in [0.4, 0.5) is 13.2 Å². The second-order valence-corrected chi connectivity index (χ2v) is 5.92. The van der Waals surface area contributed by atoms with E-state index in [4.69, 9.17) is 0 Å². The molecule has 0 saturated heterocycles. The van der Waals surface area contributed by atoms with Gasteiger partial charge in [-0.3, -0.25) is 14.6 Å². The zero-order valence-electron chi connectivity index (χ0n) is 14.3. The predicted molar refractivity (Wildman–Crippen MR) is 90.2 cm³/mol. The Bertz CT molecular complexity index is 934. The molecule has 146 valence electrons. The maximum absolute atomic E-state index is 13.0.